The Bertz CT molecular complexity index is 418. The van der Waals surface area contributed by atoms with Gasteiger partial charge < -0.3 is 20.9 Å². The fourth-order valence-corrected chi connectivity index (χ4v) is 2.34. The Morgan fingerprint density at radius 3 is 2.80 bits per heavy atom. The Morgan fingerprint density at radius 1 is 1.20 bits per heavy atom. The first-order valence-electron chi connectivity index (χ1n) is 7.27. The summed E-state index contributed by atoms with van der Waals surface area (Å²) in [4.78, 5) is 9.24. The van der Waals surface area contributed by atoms with E-state index in [1.54, 1.807) is 0 Å². The molecule has 1 fully saturated rings. The first-order chi connectivity index (χ1) is 9.74. The molecule has 2 rings (SSSR count). The molecule has 1 aliphatic rings. The highest BCUT2D eigenvalue weighted by atomic mass is 15.2. The van der Waals surface area contributed by atoms with Gasteiger partial charge in [0.2, 0.25) is 0 Å². The Labute approximate surface area is 121 Å². The van der Waals surface area contributed by atoms with Crippen LogP contribution in [0.25, 0.3) is 0 Å². The van der Waals surface area contributed by atoms with E-state index in [1.165, 1.54) is 13.0 Å². The average molecular weight is 275 g/mol. The second-order valence-electron chi connectivity index (χ2n) is 5.26. The summed E-state index contributed by atoms with van der Waals surface area (Å²) in [7, 11) is 2.18. The van der Waals surface area contributed by atoms with Gasteiger partial charge in [0.05, 0.1) is 6.54 Å². The molecule has 1 aromatic carbocycles. The standard InChI is InChI=1S/C15H25N5/c1-19-9-5-10-20(13-12-19)11-8-17-15(16)18-14-6-3-2-4-7-14/h2-4,6-7H,5,8-13H2,1H3,(H3,16,17,18). The number of anilines is 1. The number of hydrogen-bond acceptors (Lipinski definition) is 3. The van der Waals surface area contributed by atoms with E-state index in [2.05, 4.69) is 27.2 Å². The first-order valence-corrected chi connectivity index (χ1v) is 7.27. The number of nitrogens with one attached hydrogen (secondary N) is 1. The SMILES string of the molecule is CN1CCCN(CCN=C(N)Nc2ccccc2)CC1. The van der Waals surface area contributed by atoms with Gasteiger partial charge in [-0.1, -0.05) is 18.2 Å². The summed E-state index contributed by atoms with van der Waals surface area (Å²) >= 11 is 0. The second-order valence-corrected chi connectivity index (χ2v) is 5.26. The van der Waals surface area contributed by atoms with Crippen LogP contribution >= 0.6 is 0 Å². The van der Waals surface area contributed by atoms with E-state index in [0.717, 1.165) is 38.4 Å². The lowest BCUT2D eigenvalue weighted by Gasteiger charge is -2.18. The summed E-state index contributed by atoms with van der Waals surface area (Å²) in [5.74, 6) is 0.489. The zero-order valence-electron chi connectivity index (χ0n) is 12.3. The Balaban J connectivity index is 1.72. The summed E-state index contributed by atoms with van der Waals surface area (Å²) in [6.07, 6.45) is 1.23. The van der Waals surface area contributed by atoms with Gasteiger partial charge in [0.25, 0.3) is 0 Å². The molecular weight excluding hydrogens is 250 g/mol. The van der Waals surface area contributed by atoms with Crippen molar-refractivity contribution >= 4 is 11.6 Å². The van der Waals surface area contributed by atoms with Gasteiger partial charge in [0, 0.05) is 25.3 Å². The van der Waals surface area contributed by atoms with Gasteiger partial charge in [-0.15, -0.1) is 0 Å². The predicted molar refractivity (Wildman–Crippen MR) is 85.1 cm³/mol. The van der Waals surface area contributed by atoms with Crippen molar-refractivity contribution in [1.82, 2.24) is 9.80 Å². The number of rotatable bonds is 4. The maximum atomic E-state index is 5.89. The molecule has 0 radical (unpaired) electrons. The van der Waals surface area contributed by atoms with Crippen LogP contribution < -0.4 is 11.1 Å². The van der Waals surface area contributed by atoms with Crippen LogP contribution in [-0.4, -0.2) is 62.1 Å². The molecule has 0 saturated carbocycles. The van der Waals surface area contributed by atoms with Crippen molar-refractivity contribution < 1.29 is 0 Å². The lowest BCUT2D eigenvalue weighted by atomic mass is 10.3. The van der Waals surface area contributed by atoms with Crippen LogP contribution in [0.5, 0.6) is 0 Å². The monoisotopic (exact) mass is 275 g/mol. The third kappa shape index (κ3) is 5.19. The molecule has 0 bridgehead atoms. The van der Waals surface area contributed by atoms with Crippen LogP contribution in [0.2, 0.25) is 0 Å². The van der Waals surface area contributed by atoms with Gasteiger partial charge in [-0.3, -0.25) is 4.99 Å². The number of likely N-dealkylation sites (N-methyl/N-ethyl adjacent to an activating group) is 1. The summed E-state index contributed by atoms with van der Waals surface area (Å²) in [5, 5.41) is 3.10. The Morgan fingerprint density at radius 2 is 2.00 bits per heavy atom. The van der Waals surface area contributed by atoms with Gasteiger partial charge in [-0.25, -0.2) is 0 Å². The largest absolute Gasteiger partial charge is 0.370 e. The van der Waals surface area contributed by atoms with E-state index in [9.17, 15) is 0 Å². The van der Waals surface area contributed by atoms with Crippen molar-refractivity contribution in [2.24, 2.45) is 10.7 Å². The van der Waals surface area contributed by atoms with Gasteiger partial charge in [0.15, 0.2) is 5.96 Å². The normalized spacial score (nSPS) is 18.8. The van der Waals surface area contributed by atoms with E-state index in [1.807, 2.05) is 30.3 Å². The van der Waals surface area contributed by atoms with E-state index >= 15 is 0 Å². The molecule has 1 heterocycles. The highest BCUT2D eigenvalue weighted by Crippen LogP contribution is 2.04. The molecule has 1 aliphatic heterocycles. The summed E-state index contributed by atoms with van der Waals surface area (Å²) < 4.78 is 0. The third-order valence-corrected chi connectivity index (χ3v) is 3.56. The van der Waals surface area contributed by atoms with Crippen LogP contribution in [0.4, 0.5) is 5.69 Å². The molecule has 1 saturated heterocycles. The molecule has 0 amide bonds. The van der Waals surface area contributed by atoms with Crippen molar-refractivity contribution in [2.45, 2.75) is 6.42 Å². The van der Waals surface area contributed by atoms with Crippen molar-refractivity contribution in [1.29, 1.82) is 0 Å². The number of nitrogens with two attached hydrogens (primary N) is 1. The minimum atomic E-state index is 0.489. The highest BCUT2D eigenvalue weighted by Gasteiger charge is 2.10. The molecule has 110 valence electrons. The lowest BCUT2D eigenvalue weighted by molar-refractivity contribution is 0.283. The highest BCUT2D eigenvalue weighted by molar-refractivity contribution is 5.92. The smallest absolute Gasteiger partial charge is 0.193 e. The molecule has 20 heavy (non-hydrogen) atoms. The fourth-order valence-electron chi connectivity index (χ4n) is 2.34. The third-order valence-electron chi connectivity index (χ3n) is 3.56. The predicted octanol–water partition coefficient (Wildman–Crippen LogP) is 1.05. The van der Waals surface area contributed by atoms with Gasteiger partial charge in [-0.2, -0.15) is 0 Å². The molecule has 0 unspecified atom stereocenters. The number of aliphatic imine (C=N–C) groups is 1. The van der Waals surface area contributed by atoms with Gasteiger partial charge in [-0.05, 0) is 38.7 Å². The van der Waals surface area contributed by atoms with Crippen molar-refractivity contribution in [3.63, 3.8) is 0 Å². The van der Waals surface area contributed by atoms with Crippen LogP contribution in [0.15, 0.2) is 35.3 Å². The average Bonchev–Trinajstić information content (AvgIpc) is 2.65. The van der Waals surface area contributed by atoms with Gasteiger partial charge >= 0.3 is 0 Å². The molecular formula is C15H25N5. The zero-order chi connectivity index (χ0) is 14.2. The minimum Gasteiger partial charge on any atom is -0.370 e. The van der Waals surface area contributed by atoms with Crippen LogP contribution in [-0.2, 0) is 0 Å². The van der Waals surface area contributed by atoms with E-state index < -0.39 is 0 Å². The summed E-state index contributed by atoms with van der Waals surface area (Å²) in [6, 6.07) is 9.89. The molecule has 5 nitrogen and oxygen atoms in total. The maximum Gasteiger partial charge on any atom is 0.193 e. The molecule has 0 spiro atoms. The van der Waals surface area contributed by atoms with E-state index in [4.69, 9.17) is 5.73 Å². The van der Waals surface area contributed by atoms with Crippen LogP contribution in [0.1, 0.15) is 6.42 Å². The topological polar surface area (TPSA) is 56.9 Å². The van der Waals surface area contributed by atoms with E-state index in [0.29, 0.717) is 5.96 Å². The van der Waals surface area contributed by atoms with Crippen molar-refractivity contribution in [3.05, 3.63) is 30.3 Å². The number of hydrogen-bond donors (Lipinski definition) is 2. The number of nitrogens with zero attached hydrogens (tertiary/aromatic N) is 3. The van der Waals surface area contributed by atoms with E-state index in [-0.39, 0.29) is 0 Å². The van der Waals surface area contributed by atoms with Gasteiger partial charge in [0.1, 0.15) is 0 Å². The Kier molecular flexibility index (Phi) is 5.83. The van der Waals surface area contributed by atoms with Crippen LogP contribution in [0.3, 0.4) is 0 Å². The van der Waals surface area contributed by atoms with Crippen LogP contribution in [0, 0.1) is 0 Å². The molecule has 3 N–H and O–H groups in total. The Hall–Kier alpha value is -1.59. The summed E-state index contributed by atoms with van der Waals surface area (Å²) in [6.45, 7) is 6.34. The molecule has 0 atom stereocenters. The number of para-hydroxylation sites is 1. The summed E-state index contributed by atoms with van der Waals surface area (Å²) in [5.41, 5.74) is 6.86. The lowest BCUT2D eigenvalue weighted by Crippen LogP contribution is -2.32. The van der Waals surface area contributed by atoms with Crippen molar-refractivity contribution in [2.75, 3.05) is 51.6 Å². The second kappa shape index (κ2) is 7.87. The molecule has 0 aliphatic carbocycles. The van der Waals surface area contributed by atoms with Crippen molar-refractivity contribution in [3.8, 4) is 0 Å². The zero-order valence-corrected chi connectivity index (χ0v) is 12.3. The molecule has 0 aromatic heterocycles. The number of guanidine groups is 1. The fraction of sp³-hybridized carbons (Fsp3) is 0.533. The first kappa shape index (κ1) is 14.8. The number of benzene rings is 1. The maximum absolute atomic E-state index is 5.89. The minimum absolute atomic E-state index is 0.489. The molecule has 5 heteroatoms. The quantitative estimate of drug-likeness (QED) is 0.637. The molecule has 1 aromatic rings.